The van der Waals surface area contributed by atoms with Crippen LogP contribution < -0.4 is 10.5 Å². The molecule has 0 aliphatic carbocycles. The van der Waals surface area contributed by atoms with Crippen molar-refractivity contribution in [2.75, 3.05) is 26.8 Å². The fourth-order valence-corrected chi connectivity index (χ4v) is 2.93. The minimum Gasteiger partial charge on any atom is -0.495 e. The summed E-state index contributed by atoms with van der Waals surface area (Å²) in [6.45, 7) is 6.35. The first kappa shape index (κ1) is 15.8. The molecule has 2 atom stereocenters. The zero-order chi connectivity index (χ0) is 15.4. The van der Waals surface area contributed by atoms with Crippen LogP contribution in [-0.4, -0.2) is 43.9 Å². The highest BCUT2D eigenvalue weighted by atomic mass is 16.5. The third-order valence-corrected chi connectivity index (χ3v) is 3.97. The second-order valence-corrected chi connectivity index (χ2v) is 5.49. The fourth-order valence-electron chi connectivity index (χ4n) is 2.93. The summed E-state index contributed by atoms with van der Waals surface area (Å²) in [5.41, 5.74) is 7.47. The maximum atomic E-state index is 9.27. The van der Waals surface area contributed by atoms with Crippen molar-refractivity contribution in [2.24, 2.45) is 5.73 Å². The van der Waals surface area contributed by atoms with Crippen LogP contribution in [0.25, 0.3) is 0 Å². The lowest BCUT2D eigenvalue weighted by Gasteiger charge is -2.43. The third kappa shape index (κ3) is 3.18. The predicted molar refractivity (Wildman–Crippen MR) is 81.1 cm³/mol. The molecule has 0 radical (unpaired) electrons. The summed E-state index contributed by atoms with van der Waals surface area (Å²) in [6, 6.07) is 8.37. The molecular weight excluding hydrogens is 266 g/mol. The van der Waals surface area contributed by atoms with Crippen molar-refractivity contribution in [3.63, 3.8) is 0 Å². The molecule has 2 N–H and O–H groups in total. The Balaban J connectivity index is 2.41. The summed E-state index contributed by atoms with van der Waals surface area (Å²) >= 11 is 0. The number of rotatable bonds is 4. The van der Waals surface area contributed by atoms with E-state index in [1.807, 2.05) is 18.2 Å². The van der Waals surface area contributed by atoms with Crippen molar-refractivity contribution in [3.05, 3.63) is 29.3 Å². The van der Waals surface area contributed by atoms with Gasteiger partial charge >= 0.3 is 0 Å². The average Bonchev–Trinajstić information content (AvgIpc) is 2.53. The molecule has 1 fully saturated rings. The van der Waals surface area contributed by atoms with Crippen LogP contribution in [0.1, 0.15) is 31.0 Å². The van der Waals surface area contributed by atoms with E-state index in [1.165, 1.54) is 0 Å². The van der Waals surface area contributed by atoms with E-state index in [4.69, 9.17) is 15.2 Å². The van der Waals surface area contributed by atoms with E-state index >= 15 is 0 Å². The second-order valence-electron chi connectivity index (χ2n) is 5.49. The molecule has 0 bridgehead atoms. The summed E-state index contributed by atoms with van der Waals surface area (Å²) in [7, 11) is 1.57. The van der Waals surface area contributed by atoms with Gasteiger partial charge in [-0.05, 0) is 31.5 Å². The molecule has 1 aromatic carbocycles. The topological polar surface area (TPSA) is 71.5 Å². The Bertz CT molecular complexity index is 525. The van der Waals surface area contributed by atoms with E-state index in [9.17, 15) is 5.26 Å². The van der Waals surface area contributed by atoms with Gasteiger partial charge in [0.1, 0.15) is 11.8 Å². The van der Waals surface area contributed by atoms with Crippen molar-refractivity contribution in [1.29, 1.82) is 5.26 Å². The van der Waals surface area contributed by atoms with Crippen molar-refractivity contribution >= 4 is 0 Å². The van der Waals surface area contributed by atoms with Crippen LogP contribution in [0, 0.1) is 11.3 Å². The third-order valence-electron chi connectivity index (χ3n) is 3.97. The van der Waals surface area contributed by atoms with Gasteiger partial charge in [0.05, 0.1) is 31.4 Å². The van der Waals surface area contributed by atoms with Crippen molar-refractivity contribution in [3.8, 4) is 11.8 Å². The Morgan fingerprint density at radius 3 is 2.86 bits per heavy atom. The van der Waals surface area contributed by atoms with E-state index in [0.29, 0.717) is 30.5 Å². The number of hydrogen-bond acceptors (Lipinski definition) is 5. The highest BCUT2D eigenvalue weighted by Gasteiger charge is 2.34. The molecule has 0 spiro atoms. The molecule has 2 rings (SSSR count). The molecular formula is C16H23N3O2. The van der Waals surface area contributed by atoms with Gasteiger partial charge in [-0.1, -0.05) is 6.07 Å². The van der Waals surface area contributed by atoms with Crippen LogP contribution in [0.5, 0.6) is 5.75 Å². The summed E-state index contributed by atoms with van der Waals surface area (Å²) in [5, 5.41) is 9.27. The summed E-state index contributed by atoms with van der Waals surface area (Å²) in [4.78, 5) is 2.38. The van der Waals surface area contributed by atoms with Crippen LogP contribution in [-0.2, 0) is 4.74 Å². The molecule has 21 heavy (non-hydrogen) atoms. The largest absolute Gasteiger partial charge is 0.495 e. The van der Waals surface area contributed by atoms with Crippen LogP contribution in [0.3, 0.4) is 0 Å². The molecule has 1 aliphatic rings. The Morgan fingerprint density at radius 1 is 1.52 bits per heavy atom. The Hall–Kier alpha value is -1.61. The van der Waals surface area contributed by atoms with Crippen LogP contribution in [0.2, 0.25) is 0 Å². The number of ether oxygens (including phenoxy) is 2. The van der Waals surface area contributed by atoms with Crippen molar-refractivity contribution in [1.82, 2.24) is 4.90 Å². The van der Waals surface area contributed by atoms with Gasteiger partial charge in [0.2, 0.25) is 0 Å². The lowest BCUT2D eigenvalue weighted by molar-refractivity contribution is -0.0789. The lowest BCUT2D eigenvalue weighted by atomic mass is 9.95. The quantitative estimate of drug-likeness (QED) is 0.913. The van der Waals surface area contributed by atoms with Crippen molar-refractivity contribution in [2.45, 2.75) is 32.0 Å². The highest BCUT2D eigenvalue weighted by Crippen LogP contribution is 2.33. The number of benzene rings is 1. The molecule has 0 aromatic heterocycles. The summed E-state index contributed by atoms with van der Waals surface area (Å²) in [5.74, 6) is 0.596. The zero-order valence-corrected chi connectivity index (χ0v) is 12.9. The number of morpholine rings is 1. The molecule has 1 aromatic rings. The van der Waals surface area contributed by atoms with Gasteiger partial charge < -0.3 is 15.2 Å². The number of nitriles is 1. The monoisotopic (exact) mass is 289 g/mol. The maximum Gasteiger partial charge on any atom is 0.136 e. The first-order valence-electron chi connectivity index (χ1n) is 7.27. The summed E-state index contributed by atoms with van der Waals surface area (Å²) < 4.78 is 11.0. The van der Waals surface area contributed by atoms with Gasteiger partial charge in [-0.25, -0.2) is 0 Å². The zero-order valence-electron chi connectivity index (χ0n) is 12.9. The Labute approximate surface area is 126 Å². The fraction of sp³-hybridized carbons (Fsp3) is 0.562. The highest BCUT2D eigenvalue weighted by molar-refractivity contribution is 5.46. The maximum absolute atomic E-state index is 9.27. The number of hydrogen-bond donors (Lipinski definition) is 1. The standard InChI is InChI=1S/C16H23N3O2/c1-11(2)19-6-7-21-15(10-18)16(19)12-4-5-14(20-3)13(8-12)9-17/h4-5,8,11,15-16H,6-7,10,18H2,1-3H3. The molecule has 1 saturated heterocycles. The minimum atomic E-state index is -0.0545. The molecule has 1 heterocycles. The van der Waals surface area contributed by atoms with E-state index < -0.39 is 0 Å². The smallest absolute Gasteiger partial charge is 0.136 e. The molecule has 5 heteroatoms. The van der Waals surface area contributed by atoms with Gasteiger partial charge in [-0.15, -0.1) is 0 Å². The van der Waals surface area contributed by atoms with Crippen LogP contribution in [0.4, 0.5) is 0 Å². The molecule has 0 saturated carbocycles. The van der Waals surface area contributed by atoms with Gasteiger partial charge in [-0.2, -0.15) is 5.26 Å². The second kappa shape index (κ2) is 6.90. The molecule has 0 amide bonds. The first-order chi connectivity index (χ1) is 10.1. The lowest BCUT2D eigenvalue weighted by Crippen LogP contribution is -2.50. The molecule has 114 valence electrons. The van der Waals surface area contributed by atoms with E-state index in [2.05, 4.69) is 24.8 Å². The van der Waals surface area contributed by atoms with Crippen molar-refractivity contribution < 1.29 is 9.47 Å². The number of nitrogens with zero attached hydrogens (tertiary/aromatic N) is 2. The van der Waals surface area contributed by atoms with E-state index in [-0.39, 0.29) is 12.1 Å². The normalized spacial score (nSPS) is 23.0. The molecule has 5 nitrogen and oxygen atoms in total. The average molecular weight is 289 g/mol. The van der Waals surface area contributed by atoms with Gasteiger partial charge in [0, 0.05) is 19.1 Å². The molecule has 2 unspecified atom stereocenters. The van der Waals surface area contributed by atoms with Gasteiger partial charge in [-0.3, -0.25) is 4.90 Å². The number of nitrogens with two attached hydrogens (primary N) is 1. The number of methoxy groups -OCH3 is 1. The van der Waals surface area contributed by atoms with Crippen LogP contribution >= 0.6 is 0 Å². The summed E-state index contributed by atoms with van der Waals surface area (Å²) in [6.07, 6.45) is -0.0545. The SMILES string of the molecule is COc1ccc(C2C(CN)OCCN2C(C)C)cc1C#N. The first-order valence-corrected chi connectivity index (χ1v) is 7.27. The van der Waals surface area contributed by atoms with Crippen LogP contribution in [0.15, 0.2) is 18.2 Å². The van der Waals surface area contributed by atoms with E-state index in [1.54, 1.807) is 7.11 Å². The van der Waals surface area contributed by atoms with Gasteiger partial charge in [0.15, 0.2) is 0 Å². The van der Waals surface area contributed by atoms with E-state index in [0.717, 1.165) is 12.1 Å². The Kier molecular flexibility index (Phi) is 5.18. The minimum absolute atomic E-state index is 0.0545. The predicted octanol–water partition coefficient (Wildman–Crippen LogP) is 1.68. The Morgan fingerprint density at radius 2 is 2.29 bits per heavy atom. The van der Waals surface area contributed by atoms with Gasteiger partial charge in [0.25, 0.3) is 0 Å². The molecule has 1 aliphatic heterocycles.